The van der Waals surface area contributed by atoms with Gasteiger partial charge in [-0.3, -0.25) is 0 Å². The van der Waals surface area contributed by atoms with Crippen LogP contribution in [0.1, 0.15) is 0 Å². The molecule has 0 aliphatic heterocycles. The summed E-state index contributed by atoms with van der Waals surface area (Å²) in [4.78, 5) is 2.42. The lowest BCUT2D eigenvalue weighted by Gasteiger charge is -2.27. The molecular weight excluding hydrogens is 711 g/mol. The lowest BCUT2D eigenvalue weighted by Crippen LogP contribution is -2.10. The molecule has 0 fully saturated rings. The van der Waals surface area contributed by atoms with Gasteiger partial charge < -0.3 is 9.32 Å². The molecule has 12 rings (SSSR count). The van der Waals surface area contributed by atoms with E-state index in [0.29, 0.717) is 0 Å². The lowest BCUT2D eigenvalue weighted by molar-refractivity contribution is 0.673. The van der Waals surface area contributed by atoms with Crippen LogP contribution < -0.4 is 4.90 Å². The highest BCUT2D eigenvalue weighted by atomic mass is 32.1. The summed E-state index contributed by atoms with van der Waals surface area (Å²) in [6.07, 6.45) is 0. The van der Waals surface area contributed by atoms with Gasteiger partial charge in [0.25, 0.3) is 0 Å². The van der Waals surface area contributed by atoms with E-state index >= 15 is 0 Å². The lowest BCUT2D eigenvalue weighted by atomic mass is 9.93. The van der Waals surface area contributed by atoms with Crippen LogP contribution >= 0.6 is 11.3 Å². The van der Waals surface area contributed by atoms with Crippen molar-refractivity contribution < 1.29 is 4.42 Å². The fraction of sp³-hybridized carbons (Fsp3) is 0. The van der Waals surface area contributed by atoms with Crippen molar-refractivity contribution in [2.24, 2.45) is 0 Å². The van der Waals surface area contributed by atoms with Crippen LogP contribution in [0.5, 0.6) is 0 Å². The van der Waals surface area contributed by atoms with E-state index in [0.717, 1.165) is 55.5 Å². The first-order valence-corrected chi connectivity index (χ1v) is 20.2. The molecule has 0 atom stereocenters. The molecule has 0 spiro atoms. The normalized spacial score (nSPS) is 11.9. The van der Waals surface area contributed by atoms with Gasteiger partial charge in [0.1, 0.15) is 11.2 Å². The predicted molar refractivity (Wildman–Crippen MR) is 245 cm³/mol. The van der Waals surface area contributed by atoms with Crippen LogP contribution in [-0.2, 0) is 0 Å². The Morgan fingerprint density at radius 1 is 0.368 bits per heavy atom. The first-order chi connectivity index (χ1) is 28.3. The summed E-state index contributed by atoms with van der Waals surface area (Å²) < 4.78 is 9.12. The molecule has 266 valence electrons. The van der Waals surface area contributed by atoms with Crippen LogP contribution in [0.2, 0.25) is 0 Å². The molecule has 12 aromatic rings. The first-order valence-electron chi connectivity index (χ1n) is 19.4. The molecule has 0 aliphatic rings. The Morgan fingerprint density at radius 3 is 1.77 bits per heavy atom. The maximum atomic E-state index is 6.55. The van der Waals surface area contributed by atoms with E-state index in [9.17, 15) is 0 Å². The van der Waals surface area contributed by atoms with Crippen molar-refractivity contribution in [1.29, 1.82) is 0 Å². The van der Waals surface area contributed by atoms with Crippen molar-refractivity contribution >= 4 is 103 Å². The molecule has 3 heteroatoms. The molecule has 0 N–H and O–H groups in total. The quantitative estimate of drug-likeness (QED) is 0.163. The molecule has 0 bridgehead atoms. The summed E-state index contributed by atoms with van der Waals surface area (Å²) >= 11 is 1.85. The third-order valence-corrected chi connectivity index (χ3v) is 12.8. The van der Waals surface area contributed by atoms with Crippen LogP contribution in [0.4, 0.5) is 17.1 Å². The summed E-state index contributed by atoms with van der Waals surface area (Å²) in [5.41, 5.74) is 9.96. The molecule has 0 amide bonds. The highest BCUT2D eigenvalue weighted by Gasteiger charge is 2.20. The van der Waals surface area contributed by atoms with Crippen molar-refractivity contribution in [2.75, 3.05) is 4.90 Å². The standard InChI is InChI=1S/C54H33NOS/c1-4-14-42-34(11-1)27-32-46-52-41(18-9-20-49(52)56-54(42)46)35-23-28-38(29-24-35)55(48-19-10-22-51-53(48)45-17-7-8-21-50(45)57-51)39-30-25-36(26-31-39)47-33-37-12-2-3-13-40(37)43-15-5-6-16-44(43)47/h1-33H. The van der Waals surface area contributed by atoms with E-state index in [1.54, 1.807) is 0 Å². The van der Waals surface area contributed by atoms with E-state index < -0.39 is 0 Å². The zero-order chi connectivity index (χ0) is 37.5. The molecule has 0 saturated heterocycles. The molecule has 2 heterocycles. The van der Waals surface area contributed by atoms with E-state index in [1.165, 1.54) is 58.2 Å². The number of hydrogen-bond donors (Lipinski definition) is 0. The van der Waals surface area contributed by atoms with Gasteiger partial charge in [0.15, 0.2) is 0 Å². The summed E-state index contributed by atoms with van der Waals surface area (Å²) in [7, 11) is 0. The van der Waals surface area contributed by atoms with Gasteiger partial charge in [-0.15, -0.1) is 11.3 Å². The highest BCUT2D eigenvalue weighted by Crippen LogP contribution is 2.46. The van der Waals surface area contributed by atoms with Gasteiger partial charge in [0.2, 0.25) is 0 Å². The Kier molecular flexibility index (Phi) is 7.13. The second-order valence-corrected chi connectivity index (χ2v) is 15.9. The number of anilines is 3. The zero-order valence-electron chi connectivity index (χ0n) is 30.8. The van der Waals surface area contributed by atoms with Crippen LogP contribution in [0.15, 0.2) is 205 Å². The van der Waals surface area contributed by atoms with Crippen molar-refractivity contribution in [3.63, 3.8) is 0 Å². The number of rotatable bonds is 5. The SMILES string of the molecule is c1ccc2c(c1)cc(-c1ccc(N(c3ccc(-c4cccc5oc6c7ccccc7ccc6c45)cc3)c3cccc4sc5ccccc5c34)cc1)c1ccccc12. The highest BCUT2D eigenvalue weighted by molar-refractivity contribution is 7.26. The summed E-state index contributed by atoms with van der Waals surface area (Å²) in [6, 6.07) is 72.7. The first kappa shape index (κ1) is 32.1. The van der Waals surface area contributed by atoms with Crippen LogP contribution in [-0.4, -0.2) is 0 Å². The Morgan fingerprint density at radius 2 is 0.982 bits per heavy atom. The Bertz CT molecular complexity index is 3520. The topological polar surface area (TPSA) is 16.4 Å². The second kappa shape index (κ2) is 12.7. The minimum atomic E-state index is 0.903. The molecule has 0 unspecified atom stereocenters. The molecule has 0 aliphatic carbocycles. The van der Waals surface area contributed by atoms with E-state index in [4.69, 9.17) is 4.42 Å². The predicted octanol–water partition coefficient (Wildman–Crippen LogP) is 16.2. The fourth-order valence-corrected chi connectivity index (χ4v) is 10.2. The molecular formula is C54H33NOS. The van der Waals surface area contributed by atoms with E-state index in [2.05, 4.69) is 205 Å². The summed E-state index contributed by atoms with van der Waals surface area (Å²) in [5, 5.41) is 12.2. The third kappa shape index (κ3) is 5.03. The minimum Gasteiger partial charge on any atom is -0.455 e. The maximum Gasteiger partial charge on any atom is 0.143 e. The number of hydrogen-bond acceptors (Lipinski definition) is 3. The van der Waals surface area contributed by atoms with Gasteiger partial charge in [-0.25, -0.2) is 0 Å². The van der Waals surface area contributed by atoms with Crippen molar-refractivity contribution in [3.8, 4) is 22.3 Å². The van der Waals surface area contributed by atoms with E-state index in [1.807, 2.05) is 11.3 Å². The van der Waals surface area contributed by atoms with E-state index in [-0.39, 0.29) is 0 Å². The second-order valence-electron chi connectivity index (χ2n) is 14.8. The molecule has 2 nitrogen and oxygen atoms in total. The monoisotopic (exact) mass is 743 g/mol. The van der Waals surface area contributed by atoms with Crippen molar-refractivity contribution in [1.82, 2.24) is 0 Å². The Hall–Kier alpha value is -7.20. The van der Waals surface area contributed by atoms with Crippen molar-refractivity contribution in [2.45, 2.75) is 0 Å². The average molecular weight is 744 g/mol. The average Bonchev–Trinajstić information content (AvgIpc) is 3.86. The largest absolute Gasteiger partial charge is 0.455 e. The number of nitrogens with zero attached hydrogens (tertiary/aromatic N) is 1. The molecule has 2 aromatic heterocycles. The van der Waals surface area contributed by atoms with Gasteiger partial charge in [0, 0.05) is 47.7 Å². The molecule has 0 radical (unpaired) electrons. The molecule has 10 aromatic carbocycles. The van der Waals surface area contributed by atoms with Gasteiger partial charge in [-0.05, 0) is 110 Å². The Labute approximate surface area is 333 Å². The third-order valence-electron chi connectivity index (χ3n) is 11.6. The number of fused-ring (bicyclic) bond motifs is 11. The van der Waals surface area contributed by atoms with Gasteiger partial charge in [-0.1, -0.05) is 140 Å². The minimum absolute atomic E-state index is 0.903. The zero-order valence-corrected chi connectivity index (χ0v) is 31.6. The Balaban J connectivity index is 1.02. The molecule has 57 heavy (non-hydrogen) atoms. The fourth-order valence-electron chi connectivity index (χ4n) is 9.04. The van der Waals surface area contributed by atoms with Crippen LogP contribution in [0.25, 0.3) is 96.7 Å². The number of benzene rings is 10. The van der Waals surface area contributed by atoms with Gasteiger partial charge in [-0.2, -0.15) is 0 Å². The van der Waals surface area contributed by atoms with Crippen LogP contribution in [0, 0.1) is 0 Å². The van der Waals surface area contributed by atoms with Crippen LogP contribution in [0.3, 0.4) is 0 Å². The summed E-state index contributed by atoms with van der Waals surface area (Å²) in [6.45, 7) is 0. The molecule has 0 saturated carbocycles. The number of furan rings is 1. The smallest absolute Gasteiger partial charge is 0.143 e. The van der Waals surface area contributed by atoms with Gasteiger partial charge >= 0.3 is 0 Å². The van der Waals surface area contributed by atoms with Crippen molar-refractivity contribution in [3.05, 3.63) is 200 Å². The maximum absolute atomic E-state index is 6.55. The summed E-state index contributed by atoms with van der Waals surface area (Å²) in [5.74, 6) is 0. The number of thiophene rings is 1. The van der Waals surface area contributed by atoms with Gasteiger partial charge in [0.05, 0.1) is 5.69 Å².